The zero-order valence-electron chi connectivity index (χ0n) is 24.7. The molecule has 0 fully saturated rings. The maximum atomic E-state index is 4.06. The third kappa shape index (κ3) is 7.99. The fourth-order valence-electron chi connectivity index (χ4n) is 5.22. The van der Waals surface area contributed by atoms with E-state index in [4.69, 9.17) is 0 Å². The smallest absolute Gasteiger partial charge is 0.0462 e. The van der Waals surface area contributed by atoms with Gasteiger partial charge in [0.15, 0.2) is 0 Å². The summed E-state index contributed by atoms with van der Waals surface area (Å²) in [4.78, 5) is 2.30. The van der Waals surface area contributed by atoms with Crippen LogP contribution in [0.1, 0.15) is 36.0 Å². The lowest BCUT2D eigenvalue weighted by atomic mass is 9.92. The maximum Gasteiger partial charge on any atom is 0.0462 e. The minimum atomic E-state index is 0.473. The van der Waals surface area contributed by atoms with Crippen molar-refractivity contribution in [2.75, 3.05) is 4.90 Å². The lowest BCUT2D eigenvalue weighted by molar-refractivity contribution is 0.817. The Kier molecular flexibility index (Phi) is 10.4. The number of para-hydroxylation sites is 1. The summed E-state index contributed by atoms with van der Waals surface area (Å²) in [6.45, 7) is 7.86. The summed E-state index contributed by atoms with van der Waals surface area (Å²) < 4.78 is 0. The highest BCUT2D eigenvalue weighted by Gasteiger charge is 2.14. The summed E-state index contributed by atoms with van der Waals surface area (Å²) in [7, 11) is 0. The SMILES string of the molecule is C=CCC/C=C/C1C=CC(c2ccc(N(c3ccccc3)c3ccc(/C(C=C)=C/C=C/c4ccccc4)cc3)cc2)=CC1. The zero-order chi connectivity index (χ0) is 29.7. The minimum absolute atomic E-state index is 0.473. The van der Waals surface area contributed by atoms with E-state index in [0.717, 1.165) is 47.5 Å². The van der Waals surface area contributed by atoms with Crippen LogP contribution >= 0.6 is 0 Å². The van der Waals surface area contributed by atoms with E-state index in [-0.39, 0.29) is 0 Å². The van der Waals surface area contributed by atoms with Crippen LogP contribution < -0.4 is 4.90 Å². The van der Waals surface area contributed by atoms with Gasteiger partial charge >= 0.3 is 0 Å². The molecule has 0 bridgehead atoms. The summed E-state index contributed by atoms with van der Waals surface area (Å²) in [5.41, 5.74) is 9.25. The first-order chi connectivity index (χ1) is 21.2. The molecule has 4 aromatic rings. The molecular weight excluding hydrogens is 518 g/mol. The summed E-state index contributed by atoms with van der Waals surface area (Å²) >= 11 is 0. The average Bonchev–Trinajstić information content (AvgIpc) is 3.07. The maximum absolute atomic E-state index is 4.06. The molecule has 0 saturated carbocycles. The van der Waals surface area contributed by atoms with Crippen LogP contribution in [-0.4, -0.2) is 0 Å². The van der Waals surface area contributed by atoms with E-state index in [1.54, 1.807) is 0 Å². The fraction of sp³-hybridized carbons (Fsp3) is 0.0952. The van der Waals surface area contributed by atoms with E-state index in [1.807, 2.05) is 30.4 Å². The summed E-state index contributed by atoms with van der Waals surface area (Å²) in [5.74, 6) is 0.473. The molecule has 43 heavy (non-hydrogen) atoms. The van der Waals surface area contributed by atoms with Gasteiger partial charge in [-0.1, -0.05) is 140 Å². The van der Waals surface area contributed by atoms with Crippen LogP contribution in [0.15, 0.2) is 177 Å². The van der Waals surface area contributed by atoms with Crippen LogP contribution in [0.5, 0.6) is 0 Å². The third-order valence-corrected chi connectivity index (χ3v) is 7.57. The van der Waals surface area contributed by atoms with Gasteiger partial charge in [0.05, 0.1) is 0 Å². The van der Waals surface area contributed by atoms with Gasteiger partial charge in [-0.05, 0) is 89.4 Å². The zero-order valence-corrected chi connectivity index (χ0v) is 24.7. The highest BCUT2D eigenvalue weighted by Crippen LogP contribution is 2.36. The first-order valence-corrected chi connectivity index (χ1v) is 15.0. The number of hydrogen-bond acceptors (Lipinski definition) is 1. The van der Waals surface area contributed by atoms with E-state index in [1.165, 1.54) is 16.7 Å². The summed E-state index contributed by atoms with van der Waals surface area (Å²) in [6.07, 6.45) is 24.8. The molecule has 1 nitrogen and oxygen atoms in total. The molecule has 1 aliphatic carbocycles. The second kappa shape index (κ2) is 15.2. The number of nitrogens with zero attached hydrogens (tertiary/aromatic N) is 1. The third-order valence-electron chi connectivity index (χ3n) is 7.57. The van der Waals surface area contributed by atoms with E-state index in [0.29, 0.717) is 5.92 Å². The fourth-order valence-corrected chi connectivity index (χ4v) is 5.22. The van der Waals surface area contributed by atoms with Crippen molar-refractivity contribution in [1.29, 1.82) is 0 Å². The Morgan fingerprint density at radius 2 is 1.40 bits per heavy atom. The first kappa shape index (κ1) is 29.4. The van der Waals surface area contributed by atoms with E-state index in [9.17, 15) is 0 Å². The number of hydrogen-bond donors (Lipinski definition) is 0. The van der Waals surface area contributed by atoms with Gasteiger partial charge in [0.25, 0.3) is 0 Å². The predicted octanol–water partition coefficient (Wildman–Crippen LogP) is 11.9. The second-order valence-corrected chi connectivity index (χ2v) is 10.6. The largest absolute Gasteiger partial charge is 0.311 e. The Hall–Kier alpha value is -5.14. The Bertz CT molecular complexity index is 1630. The number of rotatable bonds is 12. The van der Waals surface area contributed by atoms with E-state index < -0.39 is 0 Å². The molecule has 0 amide bonds. The van der Waals surface area contributed by atoms with Crippen molar-refractivity contribution in [2.24, 2.45) is 5.92 Å². The van der Waals surface area contributed by atoms with Crippen LogP contribution in [-0.2, 0) is 0 Å². The van der Waals surface area contributed by atoms with Crippen molar-refractivity contribution in [3.63, 3.8) is 0 Å². The number of anilines is 3. The molecular formula is C42H39N. The van der Waals surface area contributed by atoms with Crippen molar-refractivity contribution in [2.45, 2.75) is 19.3 Å². The van der Waals surface area contributed by atoms with Gasteiger partial charge in [-0.25, -0.2) is 0 Å². The van der Waals surface area contributed by atoms with E-state index in [2.05, 4.69) is 158 Å². The molecule has 0 aromatic heterocycles. The Morgan fingerprint density at radius 3 is 2.02 bits per heavy atom. The molecule has 1 atom stereocenters. The van der Waals surface area contributed by atoms with Crippen LogP contribution in [0.25, 0.3) is 17.2 Å². The van der Waals surface area contributed by atoms with Crippen LogP contribution in [0.3, 0.4) is 0 Å². The lowest BCUT2D eigenvalue weighted by Gasteiger charge is -2.26. The van der Waals surface area contributed by atoms with Gasteiger partial charge in [0.2, 0.25) is 0 Å². The van der Waals surface area contributed by atoms with Crippen LogP contribution in [0, 0.1) is 5.92 Å². The molecule has 0 radical (unpaired) electrons. The van der Waals surface area contributed by atoms with Gasteiger partial charge in [-0.2, -0.15) is 0 Å². The van der Waals surface area contributed by atoms with Gasteiger partial charge in [0, 0.05) is 17.1 Å². The first-order valence-electron chi connectivity index (χ1n) is 15.0. The van der Waals surface area contributed by atoms with Crippen molar-refractivity contribution < 1.29 is 0 Å². The van der Waals surface area contributed by atoms with Crippen LogP contribution in [0.2, 0.25) is 0 Å². The van der Waals surface area contributed by atoms with Gasteiger partial charge in [-0.15, -0.1) is 6.58 Å². The molecule has 5 rings (SSSR count). The predicted molar refractivity (Wildman–Crippen MR) is 189 cm³/mol. The van der Waals surface area contributed by atoms with Crippen molar-refractivity contribution in [1.82, 2.24) is 0 Å². The molecule has 4 aromatic carbocycles. The second-order valence-electron chi connectivity index (χ2n) is 10.6. The molecule has 0 N–H and O–H groups in total. The normalized spacial score (nSPS) is 15.0. The summed E-state index contributed by atoms with van der Waals surface area (Å²) in [6, 6.07) is 38.5. The van der Waals surface area contributed by atoms with Crippen molar-refractivity contribution >= 4 is 34.3 Å². The lowest BCUT2D eigenvalue weighted by Crippen LogP contribution is -2.09. The van der Waals surface area contributed by atoms with Gasteiger partial charge < -0.3 is 4.90 Å². The number of benzene rings is 4. The van der Waals surface area contributed by atoms with Gasteiger partial charge in [0.1, 0.15) is 0 Å². The number of allylic oxidation sites excluding steroid dienone is 11. The quantitative estimate of drug-likeness (QED) is 0.0951. The Morgan fingerprint density at radius 1 is 0.744 bits per heavy atom. The van der Waals surface area contributed by atoms with Crippen LogP contribution in [0.4, 0.5) is 17.1 Å². The molecule has 1 unspecified atom stereocenters. The highest BCUT2D eigenvalue weighted by atomic mass is 15.1. The molecule has 0 saturated heterocycles. The standard InChI is InChI=1S/C42H39N/c1-3-5-6-9-17-35-22-24-38(25-23-35)39-28-32-42(33-29-39)43(40-20-12-8-13-21-40)41-30-26-37(27-31-41)36(4-2)19-14-18-34-15-10-7-11-16-34/h3-4,7-22,24-33,35H,1-2,5-6,23H2/b17-9+,18-14+,36-19+. The molecule has 0 spiro atoms. The average molecular weight is 558 g/mol. The molecule has 0 aliphatic heterocycles. The molecule has 0 heterocycles. The number of unbranched alkanes of at least 4 members (excludes halogenated alkanes) is 1. The summed E-state index contributed by atoms with van der Waals surface area (Å²) in [5, 5.41) is 0. The van der Waals surface area contributed by atoms with Crippen molar-refractivity contribution in [3.8, 4) is 0 Å². The van der Waals surface area contributed by atoms with E-state index >= 15 is 0 Å². The monoisotopic (exact) mass is 557 g/mol. The van der Waals surface area contributed by atoms with Gasteiger partial charge in [-0.3, -0.25) is 0 Å². The molecule has 212 valence electrons. The van der Waals surface area contributed by atoms with Crippen molar-refractivity contribution in [3.05, 3.63) is 194 Å². The Balaban J connectivity index is 1.35. The molecule has 1 aliphatic rings. The topological polar surface area (TPSA) is 3.24 Å². The Labute approximate surface area is 257 Å². The minimum Gasteiger partial charge on any atom is -0.311 e. The highest BCUT2D eigenvalue weighted by molar-refractivity contribution is 5.82. The molecule has 1 heteroatoms.